The summed E-state index contributed by atoms with van der Waals surface area (Å²) in [7, 11) is 0. The van der Waals surface area contributed by atoms with E-state index >= 15 is 0 Å². The predicted molar refractivity (Wildman–Crippen MR) is 88.7 cm³/mol. The van der Waals surface area contributed by atoms with Crippen molar-refractivity contribution in [2.45, 2.75) is 33.7 Å². The van der Waals surface area contributed by atoms with Gasteiger partial charge in [0.25, 0.3) is 0 Å². The molecule has 21 heavy (non-hydrogen) atoms. The van der Waals surface area contributed by atoms with E-state index in [9.17, 15) is 0 Å². The number of hydrogen-bond donors (Lipinski definition) is 1. The van der Waals surface area contributed by atoms with Crippen LogP contribution in [0.15, 0.2) is 12.1 Å². The molecule has 1 N–H and O–H groups in total. The molecule has 4 heteroatoms. The van der Waals surface area contributed by atoms with Gasteiger partial charge in [-0.05, 0) is 35.9 Å². The first-order chi connectivity index (χ1) is 10.2. The van der Waals surface area contributed by atoms with Crippen molar-refractivity contribution < 1.29 is 9.47 Å². The van der Waals surface area contributed by atoms with E-state index in [0.29, 0.717) is 19.1 Å². The molecule has 0 radical (unpaired) electrons. The molecule has 1 aliphatic rings. The number of nitrogens with one attached hydrogen (secondary N) is 1. The minimum Gasteiger partial charge on any atom is -0.486 e. The number of fused-ring (bicyclic) bond motifs is 2. The number of hydrogen-bond acceptors (Lipinski definition) is 4. The smallest absolute Gasteiger partial charge is 0.162 e. The Kier molecular flexibility index (Phi) is 4.36. The molecule has 0 bridgehead atoms. The fourth-order valence-corrected chi connectivity index (χ4v) is 3.96. The van der Waals surface area contributed by atoms with Crippen LogP contribution in [0.4, 0.5) is 0 Å². The highest BCUT2D eigenvalue weighted by atomic mass is 32.1. The van der Waals surface area contributed by atoms with Crippen molar-refractivity contribution in [3.8, 4) is 11.5 Å². The van der Waals surface area contributed by atoms with Gasteiger partial charge in [0.1, 0.15) is 13.2 Å². The number of ether oxygens (including phenoxy) is 2. The van der Waals surface area contributed by atoms with Crippen LogP contribution >= 0.6 is 11.3 Å². The molecule has 114 valence electrons. The molecular formula is C17H23NO2S. The van der Waals surface area contributed by atoms with Crippen molar-refractivity contribution in [1.82, 2.24) is 5.32 Å². The monoisotopic (exact) mass is 305 g/mol. The summed E-state index contributed by atoms with van der Waals surface area (Å²) < 4.78 is 12.8. The van der Waals surface area contributed by atoms with Crippen LogP contribution in [0.2, 0.25) is 0 Å². The van der Waals surface area contributed by atoms with Crippen LogP contribution in [-0.2, 0) is 13.0 Å². The quantitative estimate of drug-likeness (QED) is 0.906. The third-order valence-corrected chi connectivity index (χ3v) is 4.88. The van der Waals surface area contributed by atoms with Crippen molar-refractivity contribution >= 4 is 21.4 Å². The van der Waals surface area contributed by atoms with Gasteiger partial charge < -0.3 is 14.8 Å². The fraction of sp³-hybridized carbons (Fsp3) is 0.529. The van der Waals surface area contributed by atoms with Crippen LogP contribution in [0.25, 0.3) is 10.1 Å². The molecule has 0 spiro atoms. The SMILES string of the molecule is CCNCc1sc2cc3c(cc2c1CC(C)C)OCCO3. The first kappa shape index (κ1) is 14.7. The zero-order valence-corrected chi connectivity index (χ0v) is 13.8. The molecular weight excluding hydrogens is 282 g/mol. The number of rotatable bonds is 5. The van der Waals surface area contributed by atoms with Gasteiger partial charge in [0.2, 0.25) is 0 Å². The van der Waals surface area contributed by atoms with Crippen LogP contribution in [0.1, 0.15) is 31.2 Å². The molecule has 1 aromatic carbocycles. The molecule has 0 atom stereocenters. The van der Waals surface area contributed by atoms with Crippen LogP contribution in [-0.4, -0.2) is 19.8 Å². The molecule has 2 heterocycles. The molecule has 3 nitrogen and oxygen atoms in total. The number of thiophene rings is 1. The van der Waals surface area contributed by atoms with Gasteiger partial charge in [0.05, 0.1) is 0 Å². The second-order valence-electron chi connectivity index (χ2n) is 5.87. The Labute approximate surface area is 130 Å². The van der Waals surface area contributed by atoms with E-state index in [1.165, 1.54) is 20.5 Å². The summed E-state index contributed by atoms with van der Waals surface area (Å²) in [5.74, 6) is 2.43. The first-order valence-electron chi connectivity index (χ1n) is 7.73. The van der Waals surface area contributed by atoms with E-state index in [-0.39, 0.29) is 0 Å². The topological polar surface area (TPSA) is 30.5 Å². The lowest BCUT2D eigenvalue weighted by Gasteiger charge is -2.18. The third-order valence-electron chi connectivity index (χ3n) is 3.69. The summed E-state index contributed by atoms with van der Waals surface area (Å²) >= 11 is 1.88. The highest BCUT2D eigenvalue weighted by Crippen LogP contribution is 2.41. The Bertz CT molecular complexity index is 633. The van der Waals surface area contributed by atoms with Gasteiger partial charge in [-0.1, -0.05) is 20.8 Å². The Balaban J connectivity index is 2.08. The second-order valence-corrected chi connectivity index (χ2v) is 7.01. The van der Waals surface area contributed by atoms with Gasteiger partial charge in [0, 0.05) is 22.2 Å². The summed E-state index contributed by atoms with van der Waals surface area (Å²) in [6.45, 7) is 9.94. The highest BCUT2D eigenvalue weighted by molar-refractivity contribution is 7.19. The van der Waals surface area contributed by atoms with Gasteiger partial charge >= 0.3 is 0 Å². The maximum atomic E-state index is 5.75. The summed E-state index contributed by atoms with van der Waals surface area (Å²) in [4.78, 5) is 1.45. The average Bonchev–Trinajstić information content (AvgIpc) is 2.79. The summed E-state index contributed by atoms with van der Waals surface area (Å²) in [6.07, 6.45) is 1.11. The minimum atomic E-state index is 0.645. The molecule has 0 saturated heterocycles. The first-order valence-corrected chi connectivity index (χ1v) is 8.55. The molecule has 0 unspecified atom stereocenters. The van der Waals surface area contributed by atoms with Crippen LogP contribution in [0.5, 0.6) is 11.5 Å². The fourth-order valence-electron chi connectivity index (χ4n) is 2.75. The van der Waals surface area contributed by atoms with E-state index in [2.05, 4.69) is 38.2 Å². The van der Waals surface area contributed by atoms with E-state index in [1.807, 2.05) is 11.3 Å². The molecule has 0 aliphatic carbocycles. The van der Waals surface area contributed by atoms with Gasteiger partial charge in [-0.25, -0.2) is 0 Å². The Morgan fingerprint density at radius 1 is 1.19 bits per heavy atom. The second kappa shape index (κ2) is 6.24. The molecule has 0 amide bonds. The largest absolute Gasteiger partial charge is 0.486 e. The molecule has 0 saturated carbocycles. The van der Waals surface area contributed by atoms with E-state index < -0.39 is 0 Å². The van der Waals surface area contributed by atoms with Crippen LogP contribution in [0.3, 0.4) is 0 Å². The van der Waals surface area contributed by atoms with Gasteiger partial charge in [0.15, 0.2) is 11.5 Å². The maximum Gasteiger partial charge on any atom is 0.162 e. The lowest BCUT2D eigenvalue weighted by Crippen LogP contribution is -2.15. The predicted octanol–water partition coefficient (Wildman–Crippen LogP) is 3.98. The van der Waals surface area contributed by atoms with Gasteiger partial charge in [-0.3, -0.25) is 0 Å². The molecule has 1 aliphatic heterocycles. The number of benzene rings is 1. The Hall–Kier alpha value is -1.26. The summed E-state index contributed by atoms with van der Waals surface area (Å²) in [5, 5.41) is 4.80. The zero-order chi connectivity index (χ0) is 14.8. The van der Waals surface area contributed by atoms with Crippen molar-refractivity contribution in [2.75, 3.05) is 19.8 Å². The van der Waals surface area contributed by atoms with Crippen LogP contribution in [0, 0.1) is 5.92 Å². The van der Waals surface area contributed by atoms with Gasteiger partial charge in [-0.2, -0.15) is 0 Å². The Morgan fingerprint density at radius 3 is 2.57 bits per heavy atom. The third kappa shape index (κ3) is 3.01. The molecule has 2 aromatic rings. The minimum absolute atomic E-state index is 0.645. The molecule has 0 fully saturated rings. The van der Waals surface area contributed by atoms with Crippen molar-refractivity contribution in [3.63, 3.8) is 0 Å². The molecule has 3 rings (SSSR count). The summed E-state index contributed by atoms with van der Waals surface area (Å²) in [6, 6.07) is 4.32. The van der Waals surface area contributed by atoms with Crippen LogP contribution < -0.4 is 14.8 Å². The van der Waals surface area contributed by atoms with Gasteiger partial charge in [-0.15, -0.1) is 11.3 Å². The zero-order valence-electron chi connectivity index (χ0n) is 13.0. The maximum absolute atomic E-state index is 5.75. The lowest BCUT2D eigenvalue weighted by atomic mass is 9.99. The van der Waals surface area contributed by atoms with Crippen molar-refractivity contribution in [3.05, 3.63) is 22.6 Å². The van der Waals surface area contributed by atoms with E-state index in [4.69, 9.17) is 9.47 Å². The van der Waals surface area contributed by atoms with E-state index in [0.717, 1.165) is 31.0 Å². The van der Waals surface area contributed by atoms with Crippen molar-refractivity contribution in [1.29, 1.82) is 0 Å². The highest BCUT2D eigenvalue weighted by Gasteiger charge is 2.18. The average molecular weight is 305 g/mol. The molecule has 1 aromatic heterocycles. The van der Waals surface area contributed by atoms with E-state index in [1.54, 1.807) is 0 Å². The normalized spacial score (nSPS) is 14.1. The summed E-state index contributed by atoms with van der Waals surface area (Å²) in [5.41, 5.74) is 1.47. The lowest BCUT2D eigenvalue weighted by molar-refractivity contribution is 0.172. The Morgan fingerprint density at radius 2 is 1.90 bits per heavy atom. The van der Waals surface area contributed by atoms with Crippen molar-refractivity contribution in [2.24, 2.45) is 5.92 Å². The standard InChI is InChI=1S/C17H23NO2S/c1-4-18-10-17-12(7-11(2)3)13-8-14-15(9-16(13)21-17)20-6-5-19-14/h8-9,11,18H,4-7,10H2,1-3H3.